The van der Waals surface area contributed by atoms with Crippen LogP contribution >= 0.6 is 12.2 Å². The minimum Gasteiger partial charge on any atom is -0.320 e. The second-order valence-corrected chi connectivity index (χ2v) is 8.79. The predicted molar refractivity (Wildman–Crippen MR) is 134 cm³/mol. The minimum atomic E-state index is -0.0211. The number of benzene rings is 3. The van der Waals surface area contributed by atoms with Crippen molar-refractivity contribution in [3.8, 4) is 5.69 Å². The molecule has 1 aliphatic rings. The highest BCUT2D eigenvalue weighted by molar-refractivity contribution is 7.71. The van der Waals surface area contributed by atoms with E-state index in [4.69, 9.17) is 17.2 Å². The molecule has 0 aliphatic carbocycles. The van der Waals surface area contributed by atoms with E-state index in [-0.39, 0.29) is 11.8 Å². The molecule has 1 N–H and O–H groups in total. The van der Waals surface area contributed by atoms with Crippen molar-refractivity contribution in [2.75, 3.05) is 11.4 Å². The summed E-state index contributed by atoms with van der Waals surface area (Å²) in [6, 6.07) is 27.8. The van der Waals surface area contributed by atoms with Crippen LogP contribution in [0.2, 0.25) is 0 Å². The summed E-state index contributed by atoms with van der Waals surface area (Å²) >= 11 is 5.54. The lowest BCUT2D eigenvalue weighted by atomic mass is 10.1. The lowest BCUT2D eigenvalue weighted by Gasteiger charge is -2.17. The third-order valence-corrected chi connectivity index (χ3v) is 6.57. The van der Waals surface area contributed by atoms with Gasteiger partial charge in [0.2, 0.25) is 5.91 Å². The van der Waals surface area contributed by atoms with Gasteiger partial charge in [0, 0.05) is 30.3 Å². The molecule has 3 heterocycles. The molecular formula is C26H22N6OS. The molecule has 1 aliphatic heterocycles. The molecule has 1 amide bonds. The largest absolute Gasteiger partial charge is 0.320 e. The van der Waals surface area contributed by atoms with Gasteiger partial charge in [-0.05, 0) is 48.6 Å². The second kappa shape index (κ2) is 8.39. The van der Waals surface area contributed by atoms with Gasteiger partial charge in [-0.25, -0.2) is 4.98 Å². The first-order chi connectivity index (χ1) is 16.7. The van der Waals surface area contributed by atoms with Gasteiger partial charge in [-0.15, -0.1) is 0 Å². The van der Waals surface area contributed by atoms with Crippen LogP contribution in [0.3, 0.4) is 0 Å². The summed E-state index contributed by atoms with van der Waals surface area (Å²) in [6.45, 7) is 1.08. The molecule has 1 saturated heterocycles. The lowest BCUT2D eigenvalue weighted by molar-refractivity contribution is -0.117. The SMILES string of the molecule is O=C1C[C@H](c2nc3ccccc3n2Cc2n[nH]c(=S)n2-c2ccccc2)CN1c1ccccc1. The second-order valence-electron chi connectivity index (χ2n) is 8.40. The number of nitrogens with one attached hydrogen (secondary N) is 1. The quantitative estimate of drug-likeness (QED) is 0.376. The van der Waals surface area contributed by atoms with Crippen LogP contribution in [0.1, 0.15) is 24.0 Å². The number of para-hydroxylation sites is 4. The van der Waals surface area contributed by atoms with Gasteiger partial charge < -0.3 is 9.47 Å². The van der Waals surface area contributed by atoms with Crippen LogP contribution in [-0.2, 0) is 11.3 Å². The summed E-state index contributed by atoms with van der Waals surface area (Å²) < 4.78 is 4.66. The van der Waals surface area contributed by atoms with E-state index in [0.29, 0.717) is 24.3 Å². The summed E-state index contributed by atoms with van der Waals surface area (Å²) in [5, 5.41) is 7.48. The number of aromatic nitrogens is 5. The molecule has 1 atom stereocenters. The van der Waals surface area contributed by atoms with Crippen LogP contribution < -0.4 is 4.90 Å². The Kier molecular flexibility index (Phi) is 5.07. The molecule has 5 aromatic rings. The standard InChI is InChI=1S/C26H22N6OS/c33-24-15-18(16-30(24)19-9-3-1-4-10-19)25-27-21-13-7-8-14-22(21)31(25)17-23-28-29-26(34)32(23)20-11-5-2-6-12-20/h1-14,18H,15-17H2,(H,29,34)/t18-/m0/s1. The smallest absolute Gasteiger partial charge is 0.227 e. The van der Waals surface area contributed by atoms with E-state index in [0.717, 1.165) is 34.1 Å². The number of nitrogens with zero attached hydrogens (tertiary/aromatic N) is 5. The maximum atomic E-state index is 12.9. The first kappa shape index (κ1) is 20.6. The van der Waals surface area contributed by atoms with Crippen LogP contribution in [-0.4, -0.2) is 36.8 Å². The Balaban J connectivity index is 1.42. The summed E-state index contributed by atoms with van der Waals surface area (Å²) in [5.41, 5.74) is 3.79. The van der Waals surface area contributed by atoms with Crippen molar-refractivity contribution < 1.29 is 4.79 Å². The molecule has 0 unspecified atom stereocenters. The lowest BCUT2D eigenvalue weighted by Crippen LogP contribution is -2.24. The Morgan fingerprint density at radius 1 is 0.912 bits per heavy atom. The van der Waals surface area contributed by atoms with E-state index in [1.807, 2.05) is 88.3 Å². The number of hydrogen-bond acceptors (Lipinski definition) is 4. The monoisotopic (exact) mass is 466 g/mol. The van der Waals surface area contributed by atoms with Gasteiger partial charge in [-0.3, -0.25) is 14.5 Å². The van der Waals surface area contributed by atoms with Gasteiger partial charge in [0.05, 0.1) is 17.6 Å². The predicted octanol–water partition coefficient (Wildman–Crippen LogP) is 4.85. The Morgan fingerprint density at radius 2 is 1.59 bits per heavy atom. The molecule has 3 aromatic carbocycles. The first-order valence-electron chi connectivity index (χ1n) is 11.2. The summed E-state index contributed by atoms with van der Waals surface area (Å²) in [7, 11) is 0. The zero-order chi connectivity index (χ0) is 23.1. The normalized spacial score (nSPS) is 15.9. The van der Waals surface area contributed by atoms with Crippen molar-refractivity contribution >= 4 is 34.8 Å². The molecule has 168 valence electrons. The number of aromatic amines is 1. The van der Waals surface area contributed by atoms with Gasteiger partial charge in [-0.2, -0.15) is 5.10 Å². The van der Waals surface area contributed by atoms with Crippen LogP contribution in [0.25, 0.3) is 16.7 Å². The fourth-order valence-electron chi connectivity index (χ4n) is 4.73. The summed E-state index contributed by atoms with van der Waals surface area (Å²) in [5.74, 6) is 1.76. The number of carbonyl (C=O) groups is 1. The number of imidazole rings is 1. The van der Waals surface area contributed by atoms with Crippen molar-refractivity contribution in [2.24, 2.45) is 0 Å². The van der Waals surface area contributed by atoms with E-state index in [2.05, 4.69) is 20.8 Å². The third kappa shape index (κ3) is 3.52. The van der Waals surface area contributed by atoms with Crippen molar-refractivity contribution in [2.45, 2.75) is 18.9 Å². The molecule has 7 nitrogen and oxygen atoms in total. The van der Waals surface area contributed by atoms with Crippen molar-refractivity contribution in [1.82, 2.24) is 24.3 Å². The number of anilines is 1. The average Bonchev–Trinajstić information content (AvgIpc) is 3.55. The van der Waals surface area contributed by atoms with Crippen molar-refractivity contribution in [1.29, 1.82) is 0 Å². The summed E-state index contributed by atoms with van der Waals surface area (Å²) in [6.07, 6.45) is 0.420. The Labute approximate surface area is 201 Å². The molecule has 8 heteroatoms. The number of H-pyrrole nitrogens is 1. The highest BCUT2D eigenvalue weighted by Crippen LogP contribution is 2.33. The van der Waals surface area contributed by atoms with Gasteiger partial charge in [-0.1, -0.05) is 48.5 Å². The number of rotatable bonds is 5. The third-order valence-electron chi connectivity index (χ3n) is 6.30. The molecule has 1 fully saturated rings. The van der Waals surface area contributed by atoms with Crippen LogP contribution in [0.5, 0.6) is 0 Å². The summed E-state index contributed by atoms with van der Waals surface area (Å²) in [4.78, 5) is 19.8. The van der Waals surface area contributed by atoms with E-state index >= 15 is 0 Å². The maximum absolute atomic E-state index is 12.9. The Hall–Kier alpha value is -4.04. The number of fused-ring (bicyclic) bond motifs is 1. The number of hydrogen-bond donors (Lipinski definition) is 1. The van der Waals surface area contributed by atoms with E-state index in [9.17, 15) is 4.79 Å². The fourth-order valence-corrected chi connectivity index (χ4v) is 4.99. The molecule has 0 spiro atoms. The zero-order valence-electron chi connectivity index (χ0n) is 18.3. The molecule has 6 rings (SSSR count). The molecule has 0 radical (unpaired) electrons. The number of carbonyl (C=O) groups excluding carboxylic acids is 1. The topological polar surface area (TPSA) is 71.7 Å². The molecule has 2 aromatic heterocycles. The van der Waals surface area contributed by atoms with Crippen molar-refractivity contribution in [3.63, 3.8) is 0 Å². The maximum Gasteiger partial charge on any atom is 0.227 e. The van der Waals surface area contributed by atoms with Crippen LogP contribution in [0, 0.1) is 4.77 Å². The highest BCUT2D eigenvalue weighted by Gasteiger charge is 2.35. The van der Waals surface area contributed by atoms with Crippen LogP contribution in [0.4, 0.5) is 5.69 Å². The molecule has 0 bridgehead atoms. The first-order valence-corrected chi connectivity index (χ1v) is 11.6. The molecular weight excluding hydrogens is 444 g/mol. The van der Waals surface area contributed by atoms with E-state index in [1.54, 1.807) is 0 Å². The van der Waals surface area contributed by atoms with Gasteiger partial charge in [0.1, 0.15) is 5.82 Å². The van der Waals surface area contributed by atoms with Gasteiger partial charge >= 0.3 is 0 Å². The van der Waals surface area contributed by atoms with Crippen molar-refractivity contribution in [3.05, 3.63) is 101 Å². The van der Waals surface area contributed by atoms with E-state index in [1.165, 1.54) is 0 Å². The van der Waals surface area contributed by atoms with Crippen LogP contribution in [0.15, 0.2) is 84.9 Å². The van der Waals surface area contributed by atoms with E-state index < -0.39 is 0 Å². The molecule has 0 saturated carbocycles. The van der Waals surface area contributed by atoms with Gasteiger partial charge in [0.25, 0.3) is 0 Å². The minimum absolute atomic E-state index is 0.0211. The highest BCUT2D eigenvalue weighted by atomic mass is 32.1. The average molecular weight is 467 g/mol. The zero-order valence-corrected chi connectivity index (χ0v) is 19.2. The Bertz CT molecular complexity index is 1540. The molecule has 34 heavy (non-hydrogen) atoms. The Morgan fingerprint density at radius 3 is 2.35 bits per heavy atom. The van der Waals surface area contributed by atoms with Gasteiger partial charge in [0.15, 0.2) is 10.6 Å². The number of amides is 1. The fraction of sp³-hybridized carbons (Fsp3) is 0.154.